The third-order valence-corrected chi connectivity index (χ3v) is 5.94. The Morgan fingerprint density at radius 3 is 2.59 bits per heavy atom. The molecule has 1 aliphatic rings. The second-order valence-electron chi connectivity index (χ2n) is 8.79. The van der Waals surface area contributed by atoms with E-state index in [9.17, 15) is 18.0 Å². The van der Waals surface area contributed by atoms with Gasteiger partial charge in [0.25, 0.3) is 0 Å². The third-order valence-electron chi connectivity index (χ3n) is 5.94. The van der Waals surface area contributed by atoms with Crippen molar-refractivity contribution in [3.63, 3.8) is 0 Å². The van der Waals surface area contributed by atoms with E-state index in [2.05, 4.69) is 15.3 Å². The van der Waals surface area contributed by atoms with Gasteiger partial charge in [-0.05, 0) is 57.5 Å². The van der Waals surface area contributed by atoms with Gasteiger partial charge >= 0.3 is 6.18 Å². The molecule has 2 aromatic rings. The molecule has 0 aromatic carbocycles. The number of amides is 1. The molecule has 0 bridgehead atoms. The largest absolute Gasteiger partial charge is 0.476 e. The molecule has 32 heavy (non-hydrogen) atoms. The Balaban J connectivity index is 1.76. The molecule has 3 rings (SSSR count). The number of likely N-dealkylation sites (N-methyl/N-ethyl adjacent to an activating group) is 1. The van der Waals surface area contributed by atoms with Crippen molar-refractivity contribution in [3.05, 3.63) is 53.5 Å². The first-order valence-electron chi connectivity index (χ1n) is 10.6. The Morgan fingerprint density at radius 2 is 1.91 bits per heavy atom. The van der Waals surface area contributed by atoms with Crippen LogP contribution < -0.4 is 10.1 Å². The van der Waals surface area contributed by atoms with E-state index in [1.807, 2.05) is 19.1 Å². The van der Waals surface area contributed by atoms with E-state index in [-0.39, 0.29) is 24.5 Å². The molecule has 1 amide bonds. The number of carbonyl (C=O) groups excluding carboxylic acids is 1. The van der Waals surface area contributed by atoms with E-state index in [1.54, 1.807) is 32.0 Å². The van der Waals surface area contributed by atoms with Crippen molar-refractivity contribution in [2.24, 2.45) is 5.41 Å². The summed E-state index contributed by atoms with van der Waals surface area (Å²) in [6, 6.07) is 5.97. The number of alkyl halides is 3. The van der Waals surface area contributed by atoms with Crippen molar-refractivity contribution in [2.75, 3.05) is 26.7 Å². The van der Waals surface area contributed by atoms with Crippen LogP contribution in [0.25, 0.3) is 0 Å². The number of ether oxygens (including phenoxy) is 1. The van der Waals surface area contributed by atoms with Crippen molar-refractivity contribution in [2.45, 2.75) is 45.3 Å². The van der Waals surface area contributed by atoms with Crippen LogP contribution in [-0.4, -0.2) is 53.6 Å². The number of rotatable bonds is 6. The molecule has 1 fully saturated rings. The molecule has 0 unspecified atom stereocenters. The first-order chi connectivity index (χ1) is 15.0. The highest BCUT2D eigenvalue weighted by molar-refractivity contribution is 5.82. The zero-order valence-electron chi connectivity index (χ0n) is 18.7. The Kier molecular flexibility index (Phi) is 7.07. The number of aryl methyl sites for hydroxylation is 1. The van der Waals surface area contributed by atoms with Gasteiger partial charge in [0.1, 0.15) is 12.2 Å². The summed E-state index contributed by atoms with van der Waals surface area (Å²) in [5.41, 5.74) is 0.00224. The minimum atomic E-state index is -4.58. The summed E-state index contributed by atoms with van der Waals surface area (Å²) >= 11 is 0. The molecule has 1 aliphatic heterocycles. The molecule has 9 heteroatoms. The average Bonchev–Trinajstić information content (AvgIpc) is 2.76. The Morgan fingerprint density at radius 1 is 1.22 bits per heavy atom. The number of carbonyl (C=O) groups is 1. The molecule has 2 atom stereocenters. The Hall–Kier alpha value is -2.68. The van der Waals surface area contributed by atoms with Gasteiger partial charge in [-0.2, -0.15) is 13.2 Å². The maximum absolute atomic E-state index is 13.4. The fraction of sp³-hybridized carbons (Fsp3) is 0.522. The number of aromatic nitrogens is 2. The maximum Gasteiger partial charge on any atom is 0.421 e. The van der Waals surface area contributed by atoms with E-state index in [1.165, 1.54) is 12.3 Å². The normalized spacial score (nSPS) is 19.5. The fourth-order valence-corrected chi connectivity index (χ4v) is 4.17. The van der Waals surface area contributed by atoms with Crippen molar-refractivity contribution in [1.82, 2.24) is 20.2 Å². The van der Waals surface area contributed by atoms with Gasteiger partial charge in [0.15, 0.2) is 0 Å². The third kappa shape index (κ3) is 5.20. The molecular weight excluding hydrogens is 421 g/mol. The summed E-state index contributed by atoms with van der Waals surface area (Å²) < 4.78 is 45.1. The van der Waals surface area contributed by atoms with Gasteiger partial charge in [0.2, 0.25) is 11.8 Å². The lowest BCUT2D eigenvalue weighted by atomic mass is 9.83. The predicted molar refractivity (Wildman–Crippen MR) is 114 cm³/mol. The number of piperidine rings is 1. The summed E-state index contributed by atoms with van der Waals surface area (Å²) in [5, 5.41) is 3.38. The summed E-state index contributed by atoms with van der Waals surface area (Å²) in [6.45, 7) is 6.57. The van der Waals surface area contributed by atoms with Crippen LogP contribution in [-0.2, 0) is 11.0 Å². The minimum absolute atomic E-state index is 0.0634. The van der Waals surface area contributed by atoms with Gasteiger partial charge in [0, 0.05) is 43.6 Å². The van der Waals surface area contributed by atoms with Crippen LogP contribution in [0.1, 0.15) is 43.0 Å². The highest BCUT2D eigenvalue weighted by Crippen LogP contribution is 2.36. The summed E-state index contributed by atoms with van der Waals surface area (Å²) in [6.07, 6.45) is -0.845. The van der Waals surface area contributed by atoms with Crippen LogP contribution in [0.4, 0.5) is 13.2 Å². The molecule has 0 spiro atoms. The summed E-state index contributed by atoms with van der Waals surface area (Å²) in [4.78, 5) is 23.2. The molecule has 0 aliphatic carbocycles. The zero-order chi connectivity index (χ0) is 23.5. The van der Waals surface area contributed by atoms with E-state index in [0.29, 0.717) is 6.54 Å². The van der Waals surface area contributed by atoms with Gasteiger partial charge < -0.3 is 15.0 Å². The van der Waals surface area contributed by atoms with E-state index in [4.69, 9.17) is 4.74 Å². The van der Waals surface area contributed by atoms with Crippen LogP contribution >= 0.6 is 0 Å². The van der Waals surface area contributed by atoms with Crippen LogP contribution in [0.2, 0.25) is 0 Å². The fourth-order valence-electron chi connectivity index (χ4n) is 4.17. The number of hydrogen-bond donors (Lipinski definition) is 1. The van der Waals surface area contributed by atoms with E-state index >= 15 is 0 Å². The highest BCUT2D eigenvalue weighted by atomic mass is 19.4. The average molecular weight is 451 g/mol. The molecular formula is C23H29F3N4O2. The standard InChI is InChI=1S/C23H29F3N4O2/c1-15-16(7-5-10-28-15)17-13-27-12-9-19(17)30(4)21(31)22(2,3)14-32-20-18(23(24,25)26)8-6-11-29-20/h5-8,10-11,17,19,27H,9,12-14H2,1-4H3/t17-,19+/m1/s1. The van der Waals surface area contributed by atoms with Gasteiger partial charge in [-0.1, -0.05) is 6.07 Å². The molecule has 3 heterocycles. The minimum Gasteiger partial charge on any atom is -0.476 e. The predicted octanol–water partition coefficient (Wildman–Crippen LogP) is 3.81. The Bertz CT molecular complexity index is 949. The second kappa shape index (κ2) is 9.44. The maximum atomic E-state index is 13.4. The first kappa shape index (κ1) is 24.0. The van der Waals surface area contributed by atoms with Gasteiger partial charge in [-0.15, -0.1) is 0 Å². The number of pyridine rings is 2. The summed E-state index contributed by atoms with van der Waals surface area (Å²) in [5.74, 6) is -0.648. The molecule has 0 radical (unpaired) electrons. The molecule has 2 aromatic heterocycles. The first-order valence-corrected chi connectivity index (χ1v) is 10.6. The van der Waals surface area contributed by atoms with Gasteiger partial charge in [-0.25, -0.2) is 4.98 Å². The van der Waals surface area contributed by atoms with Crippen molar-refractivity contribution in [3.8, 4) is 5.88 Å². The highest BCUT2D eigenvalue weighted by Gasteiger charge is 2.40. The van der Waals surface area contributed by atoms with Crippen LogP contribution in [0, 0.1) is 12.3 Å². The number of hydrogen-bond acceptors (Lipinski definition) is 5. The molecule has 1 N–H and O–H groups in total. The van der Waals surface area contributed by atoms with Crippen LogP contribution in [0.5, 0.6) is 5.88 Å². The quantitative estimate of drug-likeness (QED) is 0.725. The topological polar surface area (TPSA) is 67.4 Å². The second-order valence-corrected chi connectivity index (χ2v) is 8.79. The number of nitrogens with one attached hydrogen (secondary N) is 1. The lowest BCUT2D eigenvalue weighted by molar-refractivity contribution is -0.144. The summed E-state index contributed by atoms with van der Waals surface area (Å²) in [7, 11) is 1.75. The van der Waals surface area contributed by atoms with Gasteiger partial charge in [-0.3, -0.25) is 9.78 Å². The van der Waals surface area contributed by atoms with Crippen molar-refractivity contribution >= 4 is 5.91 Å². The van der Waals surface area contributed by atoms with E-state index in [0.717, 1.165) is 30.3 Å². The zero-order valence-corrected chi connectivity index (χ0v) is 18.7. The lowest BCUT2D eigenvalue weighted by Crippen LogP contribution is -2.53. The molecule has 6 nitrogen and oxygen atoms in total. The van der Waals surface area contributed by atoms with Crippen molar-refractivity contribution < 1.29 is 22.7 Å². The monoisotopic (exact) mass is 450 g/mol. The number of halogens is 3. The SMILES string of the molecule is Cc1ncccc1[C@H]1CNCC[C@@H]1N(C)C(=O)C(C)(C)COc1ncccc1C(F)(F)F. The van der Waals surface area contributed by atoms with Gasteiger partial charge in [0.05, 0.1) is 5.41 Å². The molecule has 0 saturated carbocycles. The van der Waals surface area contributed by atoms with E-state index < -0.39 is 23.0 Å². The van der Waals surface area contributed by atoms with Crippen LogP contribution in [0.3, 0.4) is 0 Å². The molecule has 174 valence electrons. The van der Waals surface area contributed by atoms with Crippen molar-refractivity contribution in [1.29, 1.82) is 0 Å². The lowest BCUT2D eigenvalue weighted by Gasteiger charge is -2.41. The van der Waals surface area contributed by atoms with Crippen LogP contribution in [0.15, 0.2) is 36.7 Å². The smallest absolute Gasteiger partial charge is 0.421 e. The number of nitrogens with zero attached hydrogens (tertiary/aromatic N) is 3. The Labute approximate surface area is 186 Å². The molecule has 1 saturated heterocycles.